The van der Waals surface area contributed by atoms with Crippen LogP contribution in [0.2, 0.25) is 0 Å². The van der Waals surface area contributed by atoms with Gasteiger partial charge in [-0.05, 0) is 51.3 Å². The second-order valence-electron chi connectivity index (χ2n) is 7.82. The Morgan fingerprint density at radius 2 is 1.88 bits per heavy atom. The number of hydrogen-bond donors (Lipinski definition) is 0. The molecule has 1 saturated heterocycles. The fourth-order valence-corrected chi connectivity index (χ4v) is 4.59. The van der Waals surface area contributed by atoms with E-state index in [1.54, 1.807) is 0 Å². The third-order valence-corrected chi connectivity index (χ3v) is 6.22. The van der Waals surface area contributed by atoms with Crippen molar-refractivity contribution in [3.63, 3.8) is 0 Å². The maximum atomic E-state index is 5.03. The van der Waals surface area contributed by atoms with Crippen molar-refractivity contribution in [2.45, 2.75) is 63.8 Å². The molecule has 3 heterocycles. The van der Waals surface area contributed by atoms with Crippen LogP contribution in [0.25, 0.3) is 11.4 Å². The molecule has 4 heteroatoms. The highest BCUT2D eigenvalue weighted by molar-refractivity contribution is 5.54. The highest BCUT2D eigenvalue weighted by Gasteiger charge is 2.28. The minimum Gasteiger partial charge on any atom is -0.330 e. The van der Waals surface area contributed by atoms with Crippen LogP contribution in [0.15, 0.2) is 24.4 Å². The summed E-state index contributed by atoms with van der Waals surface area (Å²) >= 11 is 0. The molecule has 2 aliphatic rings. The van der Waals surface area contributed by atoms with Gasteiger partial charge in [-0.15, -0.1) is 0 Å². The van der Waals surface area contributed by atoms with Crippen molar-refractivity contribution in [3.05, 3.63) is 35.9 Å². The van der Waals surface area contributed by atoms with Gasteiger partial charge in [0.15, 0.2) is 0 Å². The Morgan fingerprint density at radius 1 is 1.04 bits per heavy atom. The Hall–Kier alpha value is -1.68. The summed E-state index contributed by atoms with van der Waals surface area (Å²) in [7, 11) is 2.07. The summed E-state index contributed by atoms with van der Waals surface area (Å²) in [5.74, 6) is 1.60. The first-order chi connectivity index (χ1) is 12.2. The Kier molecular flexibility index (Phi) is 4.89. The maximum absolute atomic E-state index is 5.03. The van der Waals surface area contributed by atoms with Crippen LogP contribution < -0.4 is 0 Å². The first-order valence-corrected chi connectivity index (χ1v) is 9.92. The number of likely N-dealkylation sites (tertiary alicyclic amines) is 1. The molecule has 4 nitrogen and oxygen atoms in total. The first kappa shape index (κ1) is 16.8. The summed E-state index contributed by atoms with van der Waals surface area (Å²) in [6, 6.07) is 7.32. The Morgan fingerprint density at radius 3 is 2.64 bits per heavy atom. The Balaban J connectivity index is 1.53. The predicted octanol–water partition coefficient (Wildman–Crippen LogP) is 4.30. The molecular formula is C21H30N4. The zero-order valence-corrected chi connectivity index (χ0v) is 15.6. The number of hydrogen-bond acceptors (Lipinski definition) is 3. The molecule has 0 radical (unpaired) electrons. The third-order valence-electron chi connectivity index (χ3n) is 6.22. The molecule has 4 rings (SSSR count). The lowest BCUT2D eigenvalue weighted by atomic mass is 9.89. The number of pyridine rings is 1. The molecule has 1 aliphatic heterocycles. The molecule has 0 amide bonds. The second kappa shape index (κ2) is 7.28. The molecule has 25 heavy (non-hydrogen) atoms. The van der Waals surface area contributed by atoms with Crippen molar-refractivity contribution in [2.75, 3.05) is 13.1 Å². The number of nitrogens with zero attached hydrogens (tertiary/aromatic N) is 4. The normalized spacial score (nSPS) is 23.0. The van der Waals surface area contributed by atoms with E-state index in [2.05, 4.69) is 39.7 Å². The molecule has 0 N–H and O–H groups in total. The number of piperidine rings is 1. The first-order valence-electron chi connectivity index (χ1n) is 9.92. The van der Waals surface area contributed by atoms with Crippen LogP contribution in [-0.4, -0.2) is 38.6 Å². The van der Waals surface area contributed by atoms with Gasteiger partial charge in [-0.2, -0.15) is 0 Å². The van der Waals surface area contributed by atoms with E-state index < -0.39 is 0 Å². The Labute approximate surface area is 151 Å². The van der Waals surface area contributed by atoms with Crippen molar-refractivity contribution >= 4 is 0 Å². The second-order valence-corrected chi connectivity index (χ2v) is 7.82. The van der Waals surface area contributed by atoms with Crippen LogP contribution in [0, 0.1) is 6.92 Å². The predicted molar refractivity (Wildman–Crippen MR) is 102 cm³/mol. The monoisotopic (exact) mass is 338 g/mol. The maximum Gasteiger partial charge on any atom is 0.105 e. The minimum absolute atomic E-state index is 0.574. The number of aromatic nitrogens is 3. The van der Waals surface area contributed by atoms with Crippen LogP contribution in [0.3, 0.4) is 0 Å². The van der Waals surface area contributed by atoms with Crippen LogP contribution >= 0.6 is 0 Å². The topological polar surface area (TPSA) is 34.0 Å². The van der Waals surface area contributed by atoms with E-state index in [0.717, 1.165) is 23.3 Å². The average molecular weight is 338 g/mol. The fourth-order valence-electron chi connectivity index (χ4n) is 4.59. The molecule has 0 bridgehead atoms. The summed E-state index contributed by atoms with van der Waals surface area (Å²) in [6.07, 6.45) is 11.6. The molecule has 0 unspecified atom stereocenters. The molecule has 0 spiro atoms. The van der Waals surface area contributed by atoms with Crippen LogP contribution in [0.4, 0.5) is 0 Å². The lowest BCUT2D eigenvalue weighted by Gasteiger charge is -2.40. The molecule has 1 aliphatic carbocycles. The van der Waals surface area contributed by atoms with Gasteiger partial charge in [0.2, 0.25) is 0 Å². The van der Waals surface area contributed by atoms with E-state index >= 15 is 0 Å². The molecular weight excluding hydrogens is 308 g/mol. The van der Waals surface area contributed by atoms with Crippen LogP contribution in [-0.2, 0) is 7.05 Å². The summed E-state index contributed by atoms with van der Waals surface area (Å²) in [5.41, 5.74) is 3.42. The van der Waals surface area contributed by atoms with Gasteiger partial charge >= 0.3 is 0 Å². The summed E-state index contributed by atoms with van der Waals surface area (Å²) < 4.78 is 2.13. The number of aryl methyl sites for hydroxylation is 1. The molecule has 2 fully saturated rings. The van der Waals surface area contributed by atoms with E-state index in [9.17, 15) is 0 Å². The quantitative estimate of drug-likeness (QED) is 0.836. The molecule has 2 aromatic heterocycles. The van der Waals surface area contributed by atoms with Crippen LogP contribution in [0.5, 0.6) is 0 Å². The standard InChI is InChI=1S/C21H30N4/c1-16-22-14-21(24(16)2)20-12-6-11-19(23-20)17-8-7-13-25(15-17)18-9-4-3-5-10-18/h6,11-12,14,17-18H,3-5,7-10,13,15H2,1-2H3/t17-/m0/s1. The van der Waals surface area contributed by atoms with E-state index in [1.165, 1.54) is 63.7 Å². The highest BCUT2D eigenvalue weighted by Crippen LogP contribution is 2.32. The molecule has 1 atom stereocenters. The highest BCUT2D eigenvalue weighted by atomic mass is 15.2. The fraction of sp³-hybridized carbons (Fsp3) is 0.619. The minimum atomic E-state index is 0.574. The average Bonchev–Trinajstić information content (AvgIpc) is 3.01. The van der Waals surface area contributed by atoms with Gasteiger partial charge in [-0.3, -0.25) is 9.88 Å². The number of rotatable bonds is 3. The zero-order valence-electron chi connectivity index (χ0n) is 15.6. The smallest absolute Gasteiger partial charge is 0.105 e. The van der Waals surface area contributed by atoms with Gasteiger partial charge in [0.1, 0.15) is 5.82 Å². The van der Waals surface area contributed by atoms with Crippen molar-refractivity contribution in [1.82, 2.24) is 19.4 Å². The van der Waals surface area contributed by atoms with Gasteiger partial charge in [0.25, 0.3) is 0 Å². The third kappa shape index (κ3) is 3.50. The van der Waals surface area contributed by atoms with Crippen LogP contribution in [0.1, 0.15) is 62.4 Å². The van der Waals surface area contributed by atoms with Gasteiger partial charge in [0.05, 0.1) is 17.6 Å². The van der Waals surface area contributed by atoms with Gasteiger partial charge < -0.3 is 4.57 Å². The molecule has 0 aromatic carbocycles. The Bertz CT molecular complexity index is 714. The SMILES string of the molecule is Cc1ncc(-c2cccc([C@H]3CCCN(C4CCCCC4)C3)n2)n1C. The van der Waals surface area contributed by atoms with E-state index in [1.807, 2.05) is 13.1 Å². The van der Waals surface area contributed by atoms with E-state index in [-0.39, 0.29) is 0 Å². The largest absolute Gasteiger partial charge is 0.330 e. The summed E-state index contributed by atoms with van der Waals surface area (Å²) in [5, 5.41) is 0. The van der Waals surface area contributed by atoms with Crippen molar-refractivity contribution in [1.29, 1.82) is 0 Å². The molecule has 2 aromatic rings. The van der Waals surface area contributed by atoms with Gasteiger partial charge in [-0.1, -0.05) is 25.3 Å². The lowest BCUT2D eigenvalue weighted by Crippen LogP contribution is -2.43. The van der Waals surface area contributed by atoms with Gasteiger partial charge in [0, 0.05) is 31.2 Å². The van der Waals surface area contributed by atoms with E-state index in [4.69, 9.17) is 4.98 Å². The number of imidazole rings is 1. The van der Waals surface area contributed by atoms with E-state index in [0.29, 0.717) is 5.92 Å². The van der Waals surface area contributed by atoms with Crippen molar-refractivity contribution in [2.24, 2.45) is 7.05 Å². The lowest BCUT2D eigenvalue weighted by molar-refractivity contribution is 0.118. The van der Waals surface area contributed by atoms with Crippen molar-refractivity contribution in [3.8, 4) is 11.4 Å². The zero-order chi connectivity index (χ0) is 17.2. The van der Waals surface area contributed by atoms with Gasteiger partial charge in [-0.25, -0.2) is 4.98 Å². The molecule has 1 saturated carbocycles. The summed E-state index contributed by atoms with van der Waals surface area (Å²) in [4.78, 5) is 12.2. The summed E-state index contributed by atoms with van der Waals surface area (Å²) in [6.45, 7) is 4.50. The van der Waals surface area contributed by atoms with Crippen molar-refractivity contribution < 1.29 is 0 Å². The molecule has 134 valence electrons.